The first-order valence-corrected chi connectivity index (χ1v) is 13.0. The van der Waals surface area contributed by atoms with E-state index in [2.05, 4.69) is 0 Å². The van der Waals surface area contributed by atoms with E-state index < -0.39 is 63.1 Å². The monoisotopic (exact) mass is 514 g/mol. The van der Waals surface area contributed by atoms with Crippen molar-refractivity contribution in [3.05, 3.63) is 59.7 Å². The van der Waals surface area contributed by atoms with Crippen molar-refractivity contribution in [1.82, 2.24) is 0 Å². The number of carbonyl (C=O) groups excluding carboxylic acids is 5. The second-order valence-corrected chi connectivity index (χ2v) is 13.1. The zero-order valence-corrected chi connectivity index (χ0v) is 22.3. The molecule has 0 amide bonds. The van der Waals surface area contributed by atoms with Crippen LogP contribution < -0.4 is 9.47 Å². The van der Waals surface area contributed by atoms with Crippen LogP contribution in [0.3, 0.4) is 0 Å². The van der Waals surface area contributed by atoms with Gasteiger partial charge in [0.1, 0.15) is 33.9 Å². The van der Waals surface area contributed by atoms with E-state index in [4.69, 9.17) is 9.47 Å². The molecule has 2 heterocycles. The van der Waals surface area contributed by atoms with Crippen molar-refractivity contribution in [3.63, 3.8) is 0 Å². The van der Waals surface area contributed by atoms with Gasteiger partial charge in [0.2, 0.25) is 0 Å². The minimum absolute atomic E-state index is 0.263. The molecule has 0 radical (unpaired) electrons. The van der Waals surface area contributed by atoms with Gasteiger partial charge in [-0.1, -0.05) is 77.9 Å². The van der Waals surface area contributed by atoms with Crippen molar-refractivity contribution >= 4 is 29.3 Å². The van der Waals surface area contributed by atoms with Crippen molar-refractivity contribution in [2.45, 2.75) is 53.4 Å². The Labute approximate surface area is 220 Å². The number of hydrogen-bond donors (Lipinski definition) is 0. The number of benzene rings is 2. The average Bonchev–Trinajstić information content (AvgIpc) is 3.73. The number of fused-ring (bicyclic) bond motifs is 6. The van der Waals surface area contributed by atoms with E-state index in [1.165, 1.54) is 0 Å². The lowest BCUT2D eigenvalue weighted by molar-refractivity contribution is -0.158. The van der Waals surface area contributed by atoms with Crippen LogP contribution in [-0.4, -0.2) is 29.3 Å². The highest BCUT2D eigenvalue weighted by Gasteiger charge is 2.90. The number of hydrogen-bond acceptors (Lipinski definition) is 7. The Kier molecular flexibility index (Phi) is 4.73. The Balaban J connectivity index is 1.56. The van der Waals surface area contributed by atoms with Gasteiger partial charge in [0.25, 0.3) is 0 Å². The van der Waals surface area contributed by atoms with Gasteiger partial charge in [-0.3, -0.25) is 24.0 Å². The Morgan fingerprint density at radius 3 is 1.32 bits per heavy atom. The summed E-state index contributed by atoms with van der Waals surface area (Å²) in [7, 11) is 0. The lowest BCUT2D eigenvalue weighted by Gasteiger charge is -2.29. The molecule has 4 aliphatic rings. The van der Waals surface area contributed by atoms with Crippen LogP contribution >= 0.6 is 0 Å². The first-order chi connectivity index (χ1) is 17.7. The SMILES string of the molecule is CC(C)(C)C(=O)[C@@H]1[C@@H]2c3ccccc3OC(=O)[C@]12C(=O)[C@@]12C(=O)Oc3ccccc3[C@@H]1[C@@H]2C(=O)C(C)(C)C. The number of ketones is 3. The van der Waals surface area contributed by atoms with Crippen LogP contribution in [0.25, 0.3) is 0 Å². The average molecular weight is 515 g/mol. The zero-order valence-electron chi connectivity index (χ0n) is 22.3. The Hall–Kier alpha value is -3.61. The molecule has 0 aromatic heterocycles. The van der Waals surface area contributed by atoms with Crippen LogP contribution in [0.1, 0.15) is 64.5 Å². The third-order valence-corrected chi connectivity index (χ3v) is 8.79. The van der Waals surface area contributed by atoms with Crippen LogP contribution in [0.2, 0.25) is 0 Å². The molecule has 7 heteroatoms. The maximum atomic E-state index is 14.9. The number of ether oxygens (including phenoxy) is 2. The summed E-state index contributed by atoms with van der Waals surface area (Å²) in [6, 6.07) is 13.7. The minimum atomic E-state index is -1.89. The fourth-order valence-corrected chi connectivity index (χ4v) is 6.90. The van der Waals surface area contributed by atoms with Crippen molar-refractivity contribution in [3.8, 4) is 11.5 Å². The van der Waals surface area contributed by atoms with Gasteiger partial charge in [-0.05, 0) is 12.1 Å². The summed E-state index contributed by atoms with van der Waals surface area (Å²) >= 11 is 0. The van der Waals surface area contributed by atoms with Gasteiger partial charge in [-0.25, -0.2) is 0 Å². The predicted octanol–water partition coefficient (Wildman–Crippen LogP) is 4.42. The van der Waals surface area contributed by atoms with Gasteiger partial charge in [0.05, 0.1) is 11.8 Å². The number of rotatable bonds is 4. The maximum absolute atomic E-state index is 14.9. The molecule has 2 saturated carbocycles. The molecule has 2 aromatic rings. The van der Waals surface area contributed by atoms with Crippen LogP contribution in [0.4, 0.5) is 0 Å². The van der Waals surface area contributed by atoms with E-state index in [0.29, 0.717) is 22.6 Å². The van der Waals surface area contributed by atoms with Crippen LogP contribution in [0.15, 0.2) is 48.5 Å². The minimum Gasteiger partial charge on any atom is -0.425 e. The summed E-state index contributed by atoms with van der Waals surface area (Å²) in [5.41, 5.74) is -4.33. The van der Waals surface area contributed by atoms with Gasteiger partial charge in [-0.15, -0.1) is 0 Å². The first kappa shape index (κ1) is 24.7. The lowest BCUT2D eigenvalue weighted by Crippen LogP contribution is -2.48. The molecule has 6 rings (SSSR count). The second kappa shape index (κ2) is 7.28. The van der Waals surface area contributed by atoms with Gasteiger partial charge < -0.3 is 9.47 Å². The molecule has 0 unspecified atom stereocenters. The topological polar surface area (TPSA) is 104 Å². The highest BCUT2D eigenvalue weighted by Crippen LogP contribution is 2.79. The van der Waals surface area contributed by atoms with E-state index in [1.807, 2.05) is 0 Å². The number of Topliss-reactive ketones (excluding diaryl/α,β-unsaturated/α-hetero) is 3. The smallest absolute Gasteiger partial charge is 0.326 e. The van der Waals surface area contributed by atoms with E-state index in [-0.39, 0.29) is 11.6 Å². The fraction of sp³-hybridized carbons (Fsp3) is 0.452. The van der Waals surface area contributed by atoms with Crippen LogP contribution in [-0.2, 0) is 24.0 Å². The first-order valence-electron chi connectivity index (χ1n) is 13.0. The molecule has 0 spiro atoms. The summed E-state index contributed by atoms with van der Waals surface area (Å²) in [5.74, 6) is -5.89. The van der Waals surface area contributed by atoms with Gasteiger partial charge in [0.15, 0.2) is 5.78 Å². The molecule has 7 nitrogen and oxygen atoms in total. The summed E-state index contributed by atoms with van der Waals surface area (Å²) in [6.45, 7) is 10.4. The van der Waals surface area contributed by atoms with Crippen LogP contribution in [0.5, 0.6) is 11.5 Å². The molecule has 6 atom stereocenters. The number of esters is 2. The second-order valence-electron chi connectivity index (χ2n) is 13.1. The van der Waals surface area contributed by atoms with Crippen molar-refractivity contribution in [2.24, 2.45) is 33.5 Å². The fourth-order valence-electron chi connectivity index (χ4n) is 6.90. The lowest BCUT2D eigenvalue weighted by atomic mass is 9.76. The predicted molar refractivity (Wildman–Crippen MR) is 135 cm³/mol. The van der Waals surface area contributed by atoms with Gasteiger partial charge in [-0.2, -0.15) is 0 Å². The Morgan fingerprint density at radius 2 is 0.974 bits per heavy atom. The van der Waals surface area contributed by atoms with E-state index in [0.717, 1.165) is 0 Å². The van der Waals surface area contributed by atoms with Crippen LogP contribution in [0, 0.1) is 33.5 Å². The number of para-hydroxylation sites is 2. The molecule has 0 bridgehead atoms. The Morgan fingerprint density at radius 1 is 0.632 bits per heavy atom. The van der Waals surface area contributed by atoms with E-state index >= 15 is 0 Å². The molecular formula is C31H30O7. The van der Waals surface area contributed by atoms with Gasteiger partial charge in [0, 0.05) is 33.8 Å². The van der Waals surface area contributed by atoms with Crippen molar-refractivity contribution in [2.75, 3.05) is 0 Å². The molecule has 2 aliphatic heterocycles. The molecular weight excluding hydrogens is 484 g/mol. The molecule has 2 aliphatic carbocycles. The molecule has 38 heavy (non-hydrogen) atoms. The standard InChI is InChI=1S/C31H30O7/c1-28(2,3)23(32)21-19-15-11-7-9-13-17(15)37-26(35)30(19,21)25(34)31-20(22(31)24(33)29(4,5)6)16-12-8-10-14-18(16)38-27(31)36/h7-14,19-22H,1-6H3/t19-,20+,21-,22+,30-,31+. The van der Waals surface area contributed by atoms with Crippen molar-refractivity contribution < 1.29 is 33.4 Å². The third kappa shape index (κ3) is 2.82. The summed E-state index contributed by atoms with van der Waals surface area (Å²) in [4.78, 5) is 70.0. The summed E-state index contributed by atoms with van der Waals surface area (Å²) in [6.07, 6.45) is 0. The molecule has 2 aromatic carbocycles. The zero-order chi connectivity index (χ0) is 27.6. The highest BCUT2D eigenvalue weighted by molar-refractivity contribution is 6.28. The largest absolute Gasteiger partial charge is 0.425 e. The van der Waals surface area contributed by atoms with E-state index in [9.17, 15) is 24.0 Å². The van der Waals surface area contributed by atoms with Crippen molar-refractivity contribution in [1.29, 1.82) is 0 Å². The maximum Gasteiger partial charge on any atom is 0.326 e. The summed E-state index contributed by atoms with van der Waals surface area (Å²) in [5, 5.41) is 0. The molecule has 196 valence electrons. The third-order valence-electron chi connectivity index (χ3n) is 8.79. The molecule has 0 saturated heterocycles. The normalized spacial score (nSPS) is 32.5. The molecule has 0 N–H and O–H groups in total. The van der Waals surface area contributed by atoms with Gasteiger partial charge >= 0.3 is 11.9 Å². The Bertz CT molecular complexity index is 1360. The quantitative estimate of drug-likeness (QED) is 0.338. The summed E-state index contributed by atoms with van der Waals surface area (Å²) < 4.78 is 11.4. The number of carbonyl (C=O) groups is 5. The van der Waals surface area contributed by atoms with E-state index in [1.54, 1.807) is 90.1 Å². The highest BCUT2D eigenvalue weighted by atomic mass is 16.5. The molecule has 2 fully saturated rings.